The van der Waals surface area contributed by atoms with Crippen molar-refractivity contribution in [3.63, 3.8) is 0 Å². The summed E-state index contributed by atoms with van der Waals surface area (Å²) >= 11 is 0. The first-order valence-electron chi connectivity index (χ1n) is 9.39. The van der Waals surface area contributed by atoms with E-state index >= 15 is 0 Å². The van der Waals surface area contributed by atoms with Crippen molar-refractivity contribution in [3.05, 3.63) is 95.7 Å². The first-order chi connectivity index (χ1) is 14.5. The lowest BCUT2D eigenvalue weighted by molar-refractivity contribution is -0.121. The van der Waals surface area contributed by atoms with Crippen LogP contribution in [-0.4, -0.2) is 21.7 Å². The molecule has 2 aromatic carbocycles. The number of ether oxygens (including phenoxy) is 1. The second-order valence-corrected chi connectivity index (χ2v) is 6.71. The van der Waals surface area contributed by atoms with Crippen molar-refractivity contribution >= 4 is 23.7 Å². The minimum absolute atomic E-state index is 0.156. The Hall–Kier alpha value is -3.99. The average molecular weight is 399 g/mol. The van der Waals surface area contributed by atoms with Gasteiger partial charge in [0.1, 0.15) is 11.5 Å². The van der Waals surface area contributed by atoms with Gasteiger partial charge in [-0.25, -0.2) is 4.98 Å². The molecule has 0 radical (unpaired) electrons. The molecule has 0 saturated heterocycles. The second-order valence-electron chi connectivity index (χ2n) is 6.71. The van der Waals surface area contributed by atoms with Crippen molar-refractivity contribution in [2.75, 3.05) is 0 Å². The molecule has 0 atom stereocenters. The number of phenolic OH excluding ortho intramolecular Hbond substituents is 1. The highest BCUT2D eigenvalue weighted by atomic mass is 16.5. The van der Waals surface area contributed by atoms with E-state index in [1.54, 1.807) is 42.6 Å². The summed E-state index contributed by atoms with van der Waals surface area (Å²) in [5.41, 5.74) is 2.64. The van der Waals surface area contributed by atoms with Gasteiger partial charge < -0.3 is 9.84 Å². The summed E-state index contributed by atoms with van der Waals surface area (Å²) in [6.45, 7) is 2.00. The van der Waals surface area contributed by atoms with E-state index in [-0.39, 0.29) is 23.7 Å². The standard InChI is InChI=1S/C25H21NO4/c1-18-2-13-24(14-3-18)30-25-15-8-20(17-26-25)7-12-23(29)16-22(28)11-6-19-4-9-21(27)10-5-19/h2-15,17,27H,16H2,1H3/b11-6+,12-7+. The quantitative estimate of drug-likeness (QED) is 0.419. The van der Waals surface area contributed by atoms with E-state index in [0.717, 1.165) is 16.7 Å². The molecule has 0 aliphatic heterocycles. The third-order valence-electron chi connectivity index (χ3n) is 4.17. The normalized spacial score (nSPS) is 11.1. The average Bonchev–Trinajstić information content (AvgIpc) is 2.74. The van der Waals surface area contributed by atoms with Gasteiger partial charge in [-0.3, -0.25) is 9.59 Å². The first-order valence-corrected chi connectivity index (χ1v) is 9.39. The Morgan fingerprint density at radius 3 is 2.07 bits per heavy atom. The number of hydrogen-bond donors (Lipinski definition) is 1. The molecule has 1 N–H and O–H groups in total. The number of aryl methyl sites for hydroxylation is 1. The largest absolute Gasteiger partial charge is 0.508 e. The van der Waals surface area contributed by atoms with Crippen LogP contribution in [0.3, 0.4) is 0 Å². The highest BCUT2D eigenvalue weighted by molar-refractivity contribution is 6.10. The fourth-order valence-corrected chi connectivity index (χ4v) is 2.53. The third-order valence-corrected chi connectivity index (χ3v) is 4.17. The summed E-state index contributed by atoms with van der Waals surface area (Å²) in [5.74, 6) is 0.721. The third kappa shape index (κ3) is 6.56. The molecule has 3 aromatic rings. The van der Waals surface area contributed by atoms with Crippen LogP contribution in [0.4, 0.5) is 0 Å². The Kier molecular flexibility index (Phi) is 6.90. The van der Waals surface area contributed by atoms with Gasteiger partial charge in [-0.1, -0.05) is 35.9 Å². The number of carbonyl (C=O) groups is 2. The molecule has 0 unspecified atom stereocenters. The monoisotopic (exact) mass is 399 g/mol. The van der Waals surface area contributed by atoms with E-state index in [1.165, 1.54) is 24.3 Å². The fraction of sp³-hybridized carbons (Fsp3) is 0.0800. The second kappa shape index (κ2) is 9.98. The van der Waals surface area contributed by atoms with Crippen molar-refractivity contribution < 1.29 is 19.4 Å². The number of hydrogen-bond acceptors (Lipinski definition) is 5. The maximum Gasteiger partial charge on any atom is 0.219 e. The van der Waals surface area contributed by atoms with Gasteiger partial charge in [0.05, 0.1) is 6.42 Å². The molecule has 3 rings (SSSR count). The summed E-state index contributed by atoms with van der Waals surface area (Å²) in [6, 6.07) is 17.6. The van der Waals surface area contributed by atoms with Crippen LogP contribution in [0.25, 0.3) is 12.2 Å². The van der Waals surface area contributed by atoms with E-state index in [2.05, 4.69) is 4.98 Å². The van der Waals surface area contributed by atoms with Crippen molar-refractivity contribution in [3.8, 4) is 17.4 Å². The van der Waals surface area contributed by atoms with E-state index in [0.29, 0.717) is 11.6 Å². The van der Waals surface area contributed by atoms with Crippen molar-refractivity contribution in [1.82, 2.24) is 4.98 Å². The van der Waals surface area contributed by atoms with E-state index < -0.39 is 0 Å². The minimum atomic E-state index is -0.296. The maximum absolute atomic E-state index is 12.0. The lowest BCUT2D eigenvalue weighted by atomic mass is 10.1. The molecular weight excluding hydrogens is 378 g/mol. The van der Waals surface area contributed by atoms with Crippen LogP contribution >= 0.6 is 0 Å². The zero-order valence-corrected chi connectivity index (χ0v) is 16.5. The zero-order chi connectivity index (χ0) is 21.3. The molecule has 0 fully saturated rings. The van der Waals surface area contributed by atoms with Crippen molar-refractivity contribution in [2.45, 2.75) is 13.3 Å². The number of benzene rings is 2. The minimum Gasteiger partial charge on any atom is -0.508 e. The fourth-order valence-electron chi connectivity index (χ4n) is 2.53. The summed E-state index contributed by atoms with van der Waals surface area (Å²) in [5, 5.41) is 9.24. The van der Waals surface area contributed by atoms with E-state index in [4.69, 9.17) is 4.74 Å². The molecule has 1 aromatic heterocycles. The smallest absolute Gasteiger partial charge is 0.219 e. The summed E-state index contributed by atoms with van der Waals surface area (Å²) in [4.78, 5) is 28.1. The Morgan fingerprint density at radius 1 is 0.867 bits per heavy atom. The molecule has 0 aliphatic rings. The van der Waals surface area contributed by atoms with E-state index in [1.807, 2.05) is 31.2 Å². The SMILES string of the molecule is Cc1ccc(Oc2ccc(/C=C/C(=O)CC(=O)/C=C/c3ccc(O)cc3)cn2)cc1. The predicted molar refractivity (Wildman–Crippen MR) is 116 cm³/mol. The van der Waals surface area contributed by atoms with Crippen LogP contribution in [0.2, 0.25) is 0 Å². The molecule has 0 spiro atoms. The zero-order valence-electron chi connectivity index (χ0n) is 16.5. The molecule has 0 aliphatic carbocycles. The van der Waals surface area contributed by atoms with Crippen LogP contribution in [0, 0.1) is 6.92 Å². The number of ketones is 2. The predicted octanol–water partition coefficient (Wildman–Crippen LogP) is 5.14. The number of allylic oxidation sites excluding steroid dienone is 2. The van der Waals surface area contributed by atoms with Gasteiger partial charge >= 0.3 is 0 Å². The van der Waals surface area contributed by atoms with Gasteiger partial charge in [0.25, 0.3) is 0 Å². The van der Waals surface area contributed by atoms with Gasteiger partial charge in [0, 0.05) is 12.3 Å². The van der Waals surface area contributed by atoms with Gasteiger partial charge in [-0.05, 0) is 66.6 Å². The summed E-state index contributed by atoms with van der Waals surface area (Å²) < 4.78 is 5.67. The maximum atomic E-state index is 12.0. The van der Waals surface area contributed by atoms with Gasteiger partial charge in [-0.2, -0.15) is 0 Å². The molecule has 5 nitrogen and oxygen atoms in total. The highest BCUT2D eigenvalue weighted by Crippen LogP contribution is 2.20. The summed E-state index contributed by atoms with van der Waals surface area (Å²) in [7, 11) is 0. The molecule has 0 bridgehead atoms. The molecule has 1 heterocycles. The topological polar surface area (TPSA) is 76.5 Å². The first kappa shape index (κ1) is 20.7. The van der Waals surface area contributed by atoms with Crippen LogP contribution in [0.15, 0.2) is 79.0 Å². The molecular formula is C25H21NO4. The van der Waals surface area contributed by atoms with Gasteiger partial charge in [-0.15, -0.1) is 0 Å². The van der Waals surface area contributed by atoms with Crippen LogP contribution < -0.4 is 4.74 Å². The van der Waals surface area contributed by atoms with Crippen molar-refractivity contribution in [1.29, 1.82) is 0 Å². The lowest BCUT2D eigenvalue weighted by Crippen LogP contribution is -2.01. The molecule has 5 heteroatoms. The van der Waals surface area contributed by atoms with Crippen molar-refractivity contribution in [2.24, 2.45) is 0 Å². The number of aromatic nitrogens is 1. The molecule has 30 heavy (non-hydrogen) atoms. The van der Waals surface area contributed by atoms with Crippen LogP contribution in [-0.2, 0) is 9.59 Å². The van der Waals surface area contributed by atoms with Crippen LogP contribution in [0.5, 0.6) is 17.4 Å². The summed E-state index contributed by atoms with van der Waals surface area (Å²) in [6.07, 6.45) is 7.32. The highest BCUT2D eigenvalue weighted by Gasteiger charge is 2.04. The Labute approximate surface area is 175 Å². The number of nitrogens with zero attached hydrogens (tertiary/aromatic N) is 1. The van der Waals surface area contributed by atoms with Gasteiger partial charge in [0.2, 0.25) is 5.88 Å². The number of pyridine rings is 1. The molecule has 0 amide bonds. The Morgan fingerprint density at radius 2 is 1.47 bits per heavy atom. The van der Waals surface area contributed by atoms with Gasteiger partial charge in [0.15, 0.2) is 11.6 Å². The number of phenols is 1. The van der Waals surface area contributed by atoms with E-state index in [9.17, 15) is 14.7 Å². The number of carbonyl (C=O) groups excluding carboxylic acids is 2. The van der Waals surface area contributed by atoms with Crippen LogP contribution in [0.1, 0.15) is 23.1 Å². The lowest BCUT2D eigenvalue weighted by Gasteiger charge is -2.04. The number of aromatic hydroxyl groups is 1. The Bertz CT molecular complexity index is 1060. The molecule has 0 saturated carbocycles. The molecule has 150 valence electrons. The Balaban J connectivity index is 1.50. The number of rotatable bonds is 8.